The average molecular weight is 256 g/mol. The van der Waals surface area contributed by atoms with Crippen molar-refractivity contribution in [3.63, 3.8) is 0 Å². The second-order valence-corrected chi connectivity index (χ2v) is 5.81. The number of carbonyl (C=O) groups is 2. The van der Waals surface area contributed by atoms with Gasteiger partial charge in [0.25, 0.3) is 0 Å². The lowest BCUT2D eigenvalue weighted by atomic mass is 9.82. The van der Waals surface area contributed by atoms with Gasteiger partial charge in [0.05, 0.1) is 6.54 Å². The predicted octanol–water partition coefficient (Wildman–Crippen LogP) is 1.60. The highest BCUT2D eigenvalue weighted by Gasteiger charge is 2.32. The molecule has 1 saturated carbocycles. The number of rotatable bonds is 3. The summed E-state index contributed by atoms with van der Waals surface area (Å²) in [6.07, 6.45) is 3.20. The summed E-state index contributed by atoms with van der Waals surface area (Å²) in [7, 11) is 0. The second kappa shape index (κ2) is 6.18. The minimum Gasteiger partial charge on any atom is -0.444 e. The van der Waals surface area contributed by atoms with Crippen molar-refractivity contribution < 1.29 is 14.3 Å². The maximum Gasteiger partial charge on any atom is 0.407 e. The molecule has 0 radical (unpaired) electrons. The number of carbonyl (C=O) groups excluding carboxylic acids is 2. The highest BCUT2D eigenvalue weighted by atomic mass is 16.6. The van der Waals surface area contributed by atoms with Gasteiger partial charge in [-0.3, -0.25) is 4.79 Å². The molecule has 5 heteroatoms. The van der Waals surface area contributed by atoms with Crippen molar-refractivity contribution in [2.75, 3.05) is 6.54 Å². The highest BCUT2D eigenvalue weighted by Crippen LogP contribution is 2.25. The van der Waals surface area contributed by atoms with E-state index in [1.54, 1.807) is 0 Å². The van der Waals surface area contributed by atoms with Crippen molar-refractivity contribution in [1.82, 2.24) is 5.32 Å². The molecule has 1 rings (SSSR count). The van der Waals surface area contributed by atoms with Crippen molar-refractivity contribution >= 4 is 11.9 Å². The highest BCUT2D eigenvalue weighted by molar-refractivity contribution is 5.84. The van der Waals surface area contributed by atoms with Crippen LogP contribution in [0.4, 0.5) is 4.79 Å². The van der Waals surface area contributed by atoms with Crippen LogP contribution in [0.2, 0.25) is 0 Å². The third-order valence-corrected chi connectivity index (χ3v) is 3.08. The third kappa shape index (κ3) is 4.64. The monoisotopic (exact) mass is 256 g/mol. The zero-order valence-corrected chi connectivity index (χ0v) is 11.5. The van der Waals surface area contributed by atoms with Gasteiger partial charge in [-0.05, 0) is 33.6 Å². The van der Waals surface area contributed by atoms with E-state index in [4.69, 9.17) is 10.5 Å². The van der Waals surface area contributed by atoms with E-state index in [1.165, 1.54) is 0 Å². The Labute approximate surface area is 108 Å². The number of nitrogens with one attached hydrogen (secondary N) is 1. The van der Waals surface area contributed by atoms with E-state index in [1.807, 2.05) is 20.8 Å². The van der Waals surface area contributed by atoms with Crippen molar-refractivity contribution in [1.29, 1.82) is 0 Å². The lowest BCUT2D eigenvalue weighted by Crippen LogP contribution is -2.47. The SMILES string of the molecule is CC(C)(C)OC(=O)NC1CCCCC1C(=O)CN. The average Bonchev–Trinajstić information content (AvgIpc) is 2.26. The van der Waals surface area contributed by atoms with E-state index in [0.717, 1.165) is 25.7 Å². The first-order chi connectivity index (χ1) is 8.33. The molecule has 5 nitrogen and oxygen atoms in total. The van der Waals surface area contributed by atoms with Gasteiger partial charge in [-0.25, -0.2) is 4.79 Å². The number of ketones is 1. The van der Waals surface area contributed by atoms with Crippen LogP contribution in [-0.2, 0) is 9.53 Å². The van der Waals surface area contributed by atoms with Crippen molar-refractivity contribution in [3.05, 3.63) is 0 Å². The quantitative estimate of drug-likeness (QED) is 0.803. The fourth-order valence-electron chi connectivity index (χ4n) is 2.30. The molecule has 0 aromatic rings. The summed E-state index contributed by atoms with van der Waals surface area (Å²) in [5, 5.41) is 2.80. The van der Waals surface area contributed by atoms with Gasteiger partial charge >= 0.3 is 6.09 Å². The molecule has 0 spiro atoms. The first kappa shape index (κ1) is 15.0. The topological polar surface area (TPSA) is 81.4 Å². The molecule has 1 amide bonds. The molecule has 3 N–H and O–H groups in total. The van der Waals surface area contributed by atoms with Crippen LogP contribution in [0.1, 0.15) is 46.5 Å². The molecule has 0 bridgehead atoms. The number of hydrogen-bond acceptors (Lipinski definition) is 4. The molecule has 18 heavy (non-hydrogen) atoms. The Kier molecular flexibility index (Phi) is 5.14. The minimum absolute atomic E-state index is 0.0239. The summed E-state index contributed by atoms with van der Waals surface area (Å²) in [6, 6.07) is -0.135. The number of hydrogen-bond donors (Lipinski definition) is 2. The van der Waals surface area contributed by atoms with Crippen LogP contribution in [0.3, 0.4) is 0 Å². The summed E-state index contributed by atoms with van der Waals surface area (Å²) in [6.45, 7) is 5.49. The van der Waals surface area contributed by atoms with E-state index >= 15 is 0 Å². The van der Waals surface area contributed by atoms with Crippen LogP contribution in [0.15, 0.2) is 0 Å². The third-order valence-electron chi connectivity index (χ3n) is 3.08. The summed E-state index contributed by atoms with van der Waals surface area (Å²) < 4.78 is 5.21. The van der Waals surface area contributed by atoms with Crippen molar-refractivity contribution in [3.8, 4) is 0 Å². The summed E-state index contributed by atoms with van der Waals surface area (Å²) in [5.74, 6) is -0.132. The van der Waals surface area contributed by atoms with E-state index < -0.39 is 11.7 Å². The van der Waals surface area contributed by atoms with Gasteiger partial charge < -0.3 is 15.8 Å². The molecular weight excluding hydrogens is 232 g/mol. The summed E-state index contributed by atoms with van der Waals surface area (Å²) in [4.78, 5) is 23.4. The summed E-state index contributed by atoms with van der Waals surface area (Å²) >= 11 is 0. The smallest absolute Gasteiger partial charge is 0.407 e. The van der Waals surface area contributed by atoms with Crippen LogP contribution < -0.4 is 11.1 Å². The fraction of sp³-hybridized carbons (Fsp3) is 0.846. The molecule has 2 unspecified atom stereocenters. The van der Waals surface area contributed by atoms with E-state index in [0.29, 0.717) is 0 Å². The maximum atomic E-state index is 11.7. The Morgan fingerprint density at radius 2 is 1.89 bits per heavy atom. The number of nitrogens with two attached hydrogens (primary N) is 1. The normalized spacial score (nSPS) is 24.4. The molecule has 1 aliphatic rings. The lowest BCUT2D eigenvalue weighted by Gasteiger charge is -2.31. The Balaban J connectivity index is 2.57. The molecule has 2 atom stereocenters. The molecule has 0 saturated heterocycles. The fourth-order valence-corrected chi connectivity index (χ4v) is 2.30. The van der Waals surface area contributed by atoms with Crippen LogP contribution in [-0.4, -0.2) is 30.1 Å². The Bertz CT molecular complexity index is 310. The zero-order valence-electron chi connectivity index (χ0n) is 11.5. The largest absolute Gasteiger partial charge is 0.444 e. The van der Waals surface area contributed by atoms with Gasteiger partial charge in [-0.15, -0.1) is 0 Å². The number of alkyl carbamates (subject to hydrolysis) is 1. The van der Waals surface area contributed by atoms with E-state index in [9.17, 15) is 9.59 Å². The van der Waals surface area contributed by atoms with Gasteiger partial charge in [-0.1, -0.05) is 12.8 Å². The first-order valence-electron chi connectivity index (χ1n) is 6.56. The number of amides is 1. The van der Waals surface area contributed by atoms with Gasteiger partial charge in [0, 0.05) is 12.0 Å². The van der Waals surface area contributed by atoms with Crippen molar-refractivity contribution in [2.24, 2.45) is 11.7 Å². The van der Waals surface area contributed by atoms with Gasteiger partial charge in [-0.2, -0.15) is 0 Å². The summed E-state index contributed by atoms with van der Waals surface area (Å²) in [5.41, 5.74) is 4.88. The zero-order chi connectivity index (χ0) is 13.8. The molecule has 1 aliphatic carbocycles. The standard InChI is InChI=1S/C13H24N2O3/c1-13(2,3)18-12(17)15-10-7-5-4-6-9(10)11(16)8-14/h9-10H,4-8,14H2,1-3H3,(H,15,17). The van der Waals surface area contributed by atoms with Crippen LogP contribution in [0, 0.1) is 5.92 Å². The Hall–Kier alpha value is -1.10. The molecule has 1 fully saturated rings. The molecule has 0 aromatic carbocycles. The Morgan fingerprint density at radius 3 is 2.44 bits per heavy atom. The molecular formula is C13H24N2O3. The Morgan fingerprint density at radius 1 is 1.28 bits per heavy atom. The van der Waals surface area contributed by atoms with Crippen LogP contribution in [0.5, 0.6) is 0 Å². The predicted molar refractivity (Wildman–Crippen MR) is 69.2 cm³/mol. The van der Waals surface area contributed by atoms with Gasteiger partial charge in [0.1, 0.15) is 5.60 Å². The molecule has 0 aromatic heterocycles. The maximum absolute atomic E-state index is 11.7. The lowest BCUT2D eigenvalue weighted by molar-refractivity contribution is -0.123. The second-order valence-electron chi connectivity index (χ2n) is 5.81. The first-order valence-corrected chi connectivity index (χ1v) is 6.56. The number of Topliss-reactive ketones (excluding diaryl/α,β-unsaturated/α-hetero) is 1. The minimum atomic E-state index is -0.522. The van der Waals surface area contributed by atoms with Gasteiger partial charge in [0.15, 0.2) is 5.78 Å². The van der Waals surface area contributed by atoms with E-state index in [2.05, 4.69) is 5.32 Å². The van der Waals surface area contributed by atoms with Crippen LogP contribution in [0.25, 0.3) is 0 Å². The number of ether oxygens (including phenoxy) is 1. The molecule has 104 valence electrons. The van der Waals surface area contributed by atoms with Crippen LogP contribution >= 0.6 is 0 Å². The molecule has 0 heterocycles. The van der Waals surface area contributed by atoms with E-state index in [-0.39, 0.29) is 24.3 Å². The molecule has 0 aliphatic heterocycles. The van der Waals surface area contributed by atoms with Crippen molar-refractivity contribution in [2.45, 2.75) is 58.1 Å². The van der Waals surface area contributed by atoms with Gasteiger partial charge in [0.2, 0.25) is 0 Å².